The molecule has 6 aromatic carbocycles. The van der Waals surface area contributed by atoms with Crippen molar-refractivity contribution in [2.24, 2.45) is 14.1 Å². The number of carbonyl (C=O) groups excluding carboxylic acids is 6. The Hall–Kier alpha value is -8.86. The van der Waals surface area contributed by atoms with E-state index < -0.39 is 97.2 Å². The average molecular weight is 1250 g/mol. The first kappa shape index (κ1) is 62.2. The van der Waals surface area contributed by atoms with Crippen molar-refractivity contribution in [1.29, 1.82) is 0 Å². The third-order valence-electron chi connectivity index (χ3n) is 13.4. The molecule has 0 amide bonds. The SMILES string of the molecule is CO[C@H]1O[C@H](Cn2[c-][n+](C)cc2)[C@@H](OC(=O)c2ccccc2)[C@H](OC(=O)c2ccccc2)[C@H]1OC(=O)c1ccccc1.CO[C@H]1O[C@H](Cn2[c-][n+](C)cc2)[C@@H](OC(=O)c2ccccc2)[C@H](OC(=O)c2ccccc2)[C@H]1OC(=O)c1ccccc1.[Ag]. The van der Waals surface area contributed by atoms with E-state index in [2.05, 4.69) is 12.7 Å². The van der Waals surface area contributed by atoms with Gasteiger partial charge < -0.3 is 65.6 Å². The van der Waals surface area contributed by atoms with Crippen LogP contribution in [0.3, 0.4) is 0 Å². The van der Waals surface area contributed by atoms with Gasteiger partial charge in [0.05, 0.1) is 60.6 Å². The number of benzene rings is 6. The maximum absolute atomic E-state index is 13.4. The summed E-state index contributed by atoms with van der Waals surface area (Å²) in [5.74, 6) is -4.11. The molecular formula is C64H60AgN4O16. The molecule has 443 valence electrons. The number of imidazole rings is 2. The van der Waals surface area contributed by atoms with E-state index in [0.717, 1.165) is 0 Å². The van der Waals surface area contributed by atoms with Crippen LogP contribution in [0.2, 0.25) is 0 Å². The predicted molar refractivity (Wildman–Crippen MR) is 294 cm³/mol. The molecule has 20 nitrogen and oxygen atoms in total. The van der Waals surface area contributed by atoms with Gasteiger partial charge in [0.1, 0.15) is 12.2 Å². The normalized spacial score (nSPS) is 21.5. The minimum absolute atomic E-state index is 0. The first-order valence-electron chi connectivity index (χ1n) is 26.7. The molecule has 4 heterocycles. The van der Waals surface area contributed by atoms with Crippen molar-refractivity contribution in [3.05, 3.63) is 253 Å². The van der Waals surface area contributed by atoms with Gasteiger partial charge in [0.15, 0.2) is 49.2 Å². The Labute approximate surface area is 505 Å². The van der Waals surface area contributed by atoms with E-state index in [1.807, 2.05) is 14.1 Å². The number of esters is 6. The molecule has 0 unspecified atom stereocenters. The van der Waals surface area contributed by atoms with Crippen LogP contribution in [0.1, 0.15) is 62.1 Å². The second kappa shape index (κ2) is 30.1. The number of methoxy groups -OCH3 is 2. The van der Waals surface area contributed by atoms with Crippen molar-refractivity contribution in [2.75, 3.05) is 14.2 Å². The monoisotopic (exact) mass is 1250 g/mol. The maximum Gasteiger partial charge on any atom is 0.338 e. The van der Waals surface area contributed by atoms with Crippen molar-refractivity contribution in [1.82, 2.24) is 9.13 Å². The van der Waals surface area contributed by atoms with Gasteiger partial charge >= 0.3 is 35.8 Å². The second-order valence-electron chi connectivity index (χ2n) is 19.3. The molecule has 2 aliphatic rings. The number of aryl methyl sites for hydroxylation is 2. The minimum atomic E-state index is -1.30. The summed E-state index contributed by atoms with van der Waals surface area (Å²) in [5.41, 5.74) is 1.65. The molecule has 0 N–H and O–H groups in total. The van der Waals surface area contributed by atoms with Crippen LogP contribution in [-0.2, 0) is 96.9 Å². The van der Waals surface area contributed by atoms with Crippen LogP contribution in [-0.4, -0.2) is 121 Å². The van der Waals surface area contributed by atoms with Gasteiger partial charge in [-0.15, -0.1) is 0 Å². The fourth-order valence-corrected chi connectivity index (χ4v) is 9.32. The third kappa shape index (κ3) is 16.3. The summed E-state index contributed by atoms with van der Waals surface area (Å²) in [6.45, 7) is 0.318. The molecule has 2 aliphatic heterocycles. The predicted octanol–water partition coefficient (Wildman–Crippen LogP) is 6.32. The number of hydrogen-bond acceptors (Lipinski definition) is 16. The molecule has 0 spiro atoms. The molecule has 0 aliphatic carbocycles. The van der Waals surface area contributed by atoms with Crippen molar-refractivity contribution in [2.45, 2.75) is 74.5 Å². The number of nitrogens with zero attached hydrogens (tertiary/aromatic N) is 4. The van der Waals surface area contributed by atoms with E-state index in [1.54, 1.807) is 225 Å². The van der Waals surface area contributed by atoms with Gasteiger partial charge in [-0.2, -0.15) is 0 Å². The van der Waals surface area contributed by atoms with E-state index in [9.17, 15) is 28.8 Å². The molecule has 85 heavy (non-hydrogen) atoms. The van der Waals surface area contributed by atoms with Crippen LogP contribution < -0.4 is 9.13 Å². The van der Waals surface area contributed by atoms with Crippen LogP contribution in [0.5, 0.6) is 0 Å². The Morgan fingerprint density at radius 2 is 0.600 bits per heavy atom. The second-order valence-corrected chi connectivity index (χ2v) is 19.3. The molecule has 2 aromatic heterocycles. The van der Waals surface area contributed by atoms with E-state index in [1.165, 1.54) is 14.2 Å². The van der Waals surface area contributed by atoms with Gasteiger partial charge in [0.2, 0.25) is 12.7 Å². The molecule has 10 atom stereocenters. The molecule has 2 saturated heterocycles. The summed E-state index contributed by atoms with van der Waals surface area (Å²) in [6.07, 6.45) is 1.63. The molecule has 8 aromatic rings. The summed E-state index contributed by atoms with van der Waals surface area (Å²) in [4.78, 5) is 79.9. The van der Waals surface area contributed by atoms with Gasteiger partial charge in [0, 0.05) is 36.6 Å². The molecule has 10 rings (SSSR count). The van der Waals surface area contributed by atoms with Gasteiger partial charge in [-0.25, -0.2) is 28.8 Å². The Balaban J connectivity index is 0.000000219. The van der Waals surface area contributed by atoms with Crippen LogP contribution in [0.15, 0.2) is 207 Å². The Kier molecular flexibility index (Phi) is 22.0. The van der Waals surface area contributed by atoms with Crippen LogP contribution in [0.25, 0.3) is 0 Å². The summed E-state index contributed by atoms with van der Waals surface area (Å²) in [7, 11) is 6.40. The summed E-state index contributed by atoms with van der Waals surface area (Å²) >= 11 is 0. The Bertz CT molecular complexity index is 3220. The first-order valence-corrected chi connectivity index (χ1v) is 26.7. The zero-order valence-corrected chi connectivity index (χ0v) is 47.9. The molecule has 2 fully saturated rings. The fourth-order valence-electron chi connectivity index (χ4n) is 9.32. The quantitative estimate of drug-likeness (QED) is 0.0302. The summed E-state index contributed by atoms with van der Waals surface area (Å²) in [6, 6.07) is 50.2. The molecule has 21 heteroatoms. The zero-order valence-electron chi connectivity index (χ0n) is 46.4. The van der Waals surface area contributed by atoms with Gasteiger partial charge in [0.25, 0.3) is 0 Å². The van der Waals surface area contributed by atoms with Crippen LogP contribution >= 0.6 is 0 Å². The fraction of sp³-hybridized carbons (Fsp3) is 0.250. The average Bonchev–Trinajstić information content (AvgIpc) is 2.88. The zero-order chi connectivity index (χ0) is 59.0. The van der Waals surface area contributed by atoms with E-state index in [0.29, 0.717) is 0 Å². The first-order chi connectivity index (χ1) is 40.8. The van der Waals surface area contributed by atoms with Gasteiger partial charge in [-0.3, -0.25) is 0 Å². The largest absolute Gasteiger partial charge is 0.452 e. The van der Waals surface area contributed by atoms with Gasteiger partial charge in [-0.05, 0) is 97.6 Å². The standard InChI is InChI=1S/2C32H30N2O8.Ag/c2*1-33-18-19-34(21-33)20-25-26(40-29(35)22-12-6-3-7-13-22)27(41-30(36)23-14-8-4-9-15-23)28(32(38-2)39-25)42-31(37)24-16-10-5-11-17-24;/h2*3-19,25-28,32H,20H2,1-2H3;/t2*25-,26-,27+,28-,32+;/m11./s1. The smallest absolute Gasteiger partial charge is 0.338 e. The van der Waals surface area contributed by atoms with Crippen LogP contribution in [0.4, 0.5) is 0 Å². The number of rotatable bonds is 18. The van der Waals surface area contributed by atoms with Crippen molar-refractivity contribution < 1.29 is 108 Å². The Morgan fingerprint density at radius 1 is 0.376 bits per heavy atom. The number of carbonyl (C=O) groups is 6. The summed E-state index contributed by atoms with van der Waals surface area (Å²) < 4.78 is 66.4. The van der Waals surface area contributed by atoms with Crippen molar-refractivity contribution >= 4 is 35.8 Å². The minimum Gasteiger partial charge on any atom is -0.452 e. The van der Waals surface area contributed by atoms with E-state index >= 15 is 0 Å². The molecule has 1 radical (unpaired) electrons. The van der Waals surface area contributed by atoms with Gasteiger partial charge in [-0.1, -0.05) is 109 Å². The molecular weight excluding hydrogens is 1190 g/mol. The van der Waals surface area contributed by atoms with Crippen molar-refractivity contribution in [3.63, 3.8) is 0 Å². The van der Waals surface area contributed by atoms with Crippen molar-refractivity contribution in [3.8, 4) is 0 Å². The maximum atomic E-state index is 13.4. The van der Waals surface area contributed by atoms with E-state index in [4.69, 9.17) is 47.4 Å². The summed E-state index contributed by atoms with van der Waals surface area (Å²) in [5, 5.41) is 0. The topological polar surface area (TPSA) is 212 Å². The number of ether oxygens (including phenoxy) is 10. The van der Waals surface area contributed by atoms with Crippen LogP contribution in [0, 0.1) is 12.7 Å². The number of hydrogen-bond donors (Lipinski definition) is 0. The van der Waals surface area contributed by atoms with E-state index in [-0.39, 0.29) is 68.9 Å². The molecule has 0 bridgehead atoms. The third-order valence-corrected chi connectivity index (χ3v) is 13.4. The number of aromatic nitrogens is 4. The molecule has 0 saturated carbocycles. The Morgan fingerprint density at radius 3 is 0.812 bits per heavy atom.